The number of fused-ring (bicyclic) bond motifs is 5. The van der Waals surface area contributed by atoms with Crippen LogP contribution in [0.2, 0.25) is 0 Å². The molecule has 3 fully saturated rings. The van der Waals surface area contributed by atoms with Crippen LogP contribution in [-0.2, 0) is 23.9 Å². The molecular formula is C45H76N2O7. The van der Waals surface area contributed by atoms with Gasteiger partial charge in [0.1, 0.15) is 6.10 Å². The van der Waals surface area contributed by atoms with Crippen molar-refractivity contribution in [2.24, 2.45) is 57.2 Å². The van der Waals surface area contributed by atoms with E-state index in [0.29, 0.717) is 37.4 Å². The van der Waals surface area contributed by atoms with Gasteiger partial charge in [-0.3, -0.25) is 24.1 Å². The number of aliphatic hydroxyl groups excluding tert-OH is 1. The molecule has 54 heavy (non-hydrogen) atoms. The van der Waals surface area contributed by atoms with E-state index in [1.807, 2.05) is 0 Å². The average Bonchev–Trinajstić information content (AvgIpc) is 3.37. The Morgan fingerprint density at radius 2 is 1.65 bits per heavy atom. The average molecular weight is 757 g/mol. The lowest BCUT2D eigenvalue weighted by atomic mass is 9.39. The SMILES string of the molecule is CCCC[C@H](OC(=O)CC(C)(C)C(=O)O)C(C)(C)[C@@H]1CC[C@]2(C)[C@H](CC[C@@H]3C4=C(C(C)C)C(=O)[C@@H]([C@@H](O)CN(CCNC(C)=O)C(C)C)C4CC[C@]32C)C1. The van der Waals surface area contributed by atoms with Crippen LogP contribution in [0.3, 0.4) is 0 Å². The van der Waals surface area contributed by atoms with Crippen molar-refractivity contribution >= 4 is 23.6 Å². The number of hydrogen-bond donors (Lipinski definition) is 3. The number of aliphatic carboxylic acids is 1. The molecule has 0 saturated heterocycles. The topological polar surface area (TPSA) is 133 Å². The molecular weight excluding hydrogens is 681 g/mol. The standard InChI is InChI=1S/C45H76N2O7/c1-13-14-15-35(54-36(50)25-42(7,8)41(52)53)43(9,10)30-18-20-44(11)31(24-30)16-17-33-38-32(19-21-45(33,44)12)39(40(51)37(38)27(2)3)34(49)26-47(28(4)5)23-22-46-29(6)48/h27-28,30-35,39,49H,13-26H2,1-12H3,(H,46,48)(H,52,53)/t30-,31-,32?,33-,34+,35+,39-,44-,45-/m1/s1. The number of Topliss-reactive ketones (excluding diaryl/α,β-unsaturated/α-hetero) is 1. The van der Waals surface area contributed by atoms with Crippen LogP contribution in [0.15, 0.2) is 11.1 Å². The normalized spacial score (nSPS) is 31.3. The Hall–Kier alpha value is -2.26. The maximum atomic E-state index is 14.5. The van der Waals surface area contributed by atoms with Crippen LogP contribution in [0.25, 0.3) is 0 Å². The molecule has 9 nitrogen and oxygen atoms in total. The summed E-state index contributed by atoms with van der Waals surface area (Å²) in [6, 6.07) is 0.171. The number of amides is 1. The number of hydrogen-bond acceptors (Lipinski definition) is 7. The van der Waals surface area contributed by atoms with Crippen LogP contribution in [0.4, 0.5) is 0 Å². The second-order valence-corrected chi connectivity index (χ2v) is 20.1. The summed E-state index contributed by atoms with van der Waals surface area (Å²) in [6.45, 7) is 26.5. The second-order valence-electron chi connectivity index (χ2n) is 20.1. The van der Waals surface area contributed by atoms with E-state index in [9.17, 15) is 29.4 Å². The third kappa shape index (κ3) is 8.67. The highest BCUT2D eigenvalue weighted by Gasteiger charge is 2.64. The van der Waals surface area contributed by atoms with Gasteiger partial charge in [0, 0.05) is 38.0 Å². The fourth-order valence-electron chi connectivity index (χ4n) is 11.7. The molecule has 0 aromatic carbocycles. The molecule has 0 aliphatic heterocycles. The van der Waals surface area contributed by atoms with E-state index in [0.717, 1.165) is 69.8 Å². The van der Waals surface area contributed by atoms with Gasteiger partial charge in [-0.15, -0.1) is 0 Å². The molecule has 0 heterocycles. The fourth-order valence-corrected chi connectivity index (χ4v) is 11.7. The number of ketones is 1. The molecule has 0 aromatic heterocycles. The van der Waals surface area contributed by atoms with Gasteiger partial charge < -0.3 is 20.3 Å². The number of rotatable bonds is 17. The van der Waals surface area contributed by atoms with Crippen molar-refractivity contribution in [3.8, 4) is 0 Å². The molecule has 0 bridgehead atoms. The summed E-state index contributed by atoms with van der Waals surface area (Å²) in [6.07, 6.45) is 8.87. The first kappa shape index (κ1) is 44.5. The predicted octanol–water partition coefficient (Wildman–Crippen LogP) is 8.22. The first-order valence-corrected chi connectivity index (χ1v) is 21.4. The summed E-state index contributed by atoms with van der Waals surface area (Å²) in [5.74, 6) is -0.365. The van der Waals surface area contributed by atoms with Gasteiger partial charge in [-0.05, 0) is 125 Å². The van der Waals surface area contributed by atoms with Crippen molar-refractivity contribution in [1.82, 2.24) is 10.2 Å². The summed E-state index contributed by atoms with van der Waals surface area (Å²) < 4.78 is 6.23. The minimum absolute atomic E-state index is 0.0376. The number of ether oxygens (including phenoxy) is 1. The minimum atomic E-state index is -1.17. The molecule has 0 spiro atoms. The number of nitrogens with zero attached hydrogens (tertiary/aromatic N) is 1. The first-order valence-electron chi connectivity index (χ1n) is 21.4. The van der Waals surface area contributed by atoms with Gasteiger partial charge in [0.15, 0.2) is 5.78 Å². The molecule has 3 N–H and O–H groups in total. The number of carboxylic acids is 1. The van der Waals surface area contributed by atoms with Gasteiger partial charge in [-0.25, -0.2) is 0 Å². The summed E-state index contributed by atoms with van der Waals surface area (Å²) in [7, 11) is 0. The van der Waals surface area contributed by atoms with Gasteiger partial charge >= 0.3 is 11.9 Å². The van der Waals surface area contributed by atoms with E-state index in [-0.39, 0.29) is 58.3 Å². The van der Waals surface area contributed by atoms with Crippen LogP contribution < -0.4 is 5.32 Å². The van der Waals surface area contributed by atoms with E-state index in [4.69, 9.17) is 4.74 Å². The minimum Gasteiger partial charge on any atom is -0.481 e. The second kappa shape index (κ2) is 17.1. The number of carbonyl (C=O) groups is 4. The molecule has 1 amide bonds. The molecule has 3 saturated carbocycles. The maximum Gasteiger partial charge on any atom is 0.309 e. The largest absolute Gasteiger partial charge is 0.481 e. The predicted molar refractivity (Wildman–Crippen MR) is 213 cm³/mol. The molecule has 0 radical (unpaired) electrons. The van der Waals surface area contributed by atoms with E-state index in [1.165, 1.54) is 12.5 Å². The van der Waals surface area contributed by atoms with Gasteiger partial charge in [0.25, 0.3) is 0 Å². The molecule has 9 atom stereocenters. The zero-order valence-corrected chi connectivity index (χ0v) is 36.0. The Morgan fingerprint density at radius 1 is 1.00 bits per heavy atom. The Bertz CT molecular complexity index is 1420. The van der Waals surface area contributed by atoms with E-state index in [1.54, 1.807) is 13.8 Å². The molecule has 4 aliphatic carbocycles. The number of nitrogens with one attached hydrogen (secondary N) is 1. The summed E-state index contributed by atoms with van der Waals surface area (Å²) >= 11 is 0. The number of unbranched alkanes of at least 4 members (excludes halogenated alkanes) is 1. The van der Waals surface area contributed by atoms with Crippen molar-refractivity contribution < 1.29 is 34.1 Å². The summed E-state index contributed by atoms with van der Waals surface area (Å²) in [5, 5.41) is 24.4. The number of aliphatic hydroxyl groups is 1. The Labute approximate surface area is 327 Å². The molecule has 4 aliphatic rings. The van der Waals surface area contributed by atoms with Crippen LogP contribution in [0.1, 0.15) is 154 Å². The number of carboxylic acid groups (broad SMARTS) is 1. The lowest BCUT2D eigenvalue weighted by Gasteiger charge is -2.65. The lowest BCUT2D eigenvalue weighted by molar-refractivity contribution is -0.172. The van der Waals surface area contributed by atoms with Crippen molar-refractivity contribution in [2.45, 2.75) is 172 Å². The third-order valence-electron chi connectivity index (χ3n) is 15.5. The highest BCUT2D eigenvalue weighted by molar-refractivity contribution is 6.02. The third-order valence-corrected chi connectivity index (χ3v) is 15.5. The molecule has 4 rings (SSSR count). The van der Waals surface area contributed by atoms with Crippen LogP contribution in [0.5, 0.6) is 0 Å². The van der Waals surface area contributed by atoms with Crippen molar-refractivity contribution in [3.63, 3.8) is 0 Å². The zero-order chi connectivity index (χ0) is 40.6. The quantitative estimate of drug-likeness (QED) is 0.127. The monoisotopic (exact) mass is 757 g/mol. The van der Waals surface area contributed by atoms with Crippen molar-refractivity contribution in [1.29, 1.82) is 0 Å². The van der Waals surface area contributed by atoms with Crippen LogP contribution >= 0.6 is 0 Å². The number of carbonyl (C=O) groups excluding carboxylic acids is 3. The highest BCUT2D eigenvalue weighted by atomic mass is 16.5. The van der Waals surface area contributed by atoms with E-state index >= 15 is 0 Å². The number of allylic oxidation sites excluding steroid dienone is 2. The Morgan fingerprint density at radius 3 is 2.22 bits per heavy atom. The number of esters is 1. The molecule has 1 unspecified atom stereocenters. The van der Waals surface area contributed by atoms with Crippen molar-refractivity contribution in [2.75, 3.05) is 19.6 Å². The van der Waals surface area contributed by atoms with Crippen LogP contribution in [-0.4, -0.2) is 76.6 Å². The van der Waals surface area contributed by atoms with Gasteiger partial charge in [0.2, 0.25) is 5.91 Å². The van der Waals surface area contributed by atoms with Crippen LogP contribution in [0, 0.1) is 57.2 Å². The van der Waals surface area contributed by atoms with Gasteiger partial charge in [-0.2, -0.15) is 0 Å². The van der Waals surface area contributed by atoms with Crippen molar-refractivity contribution in [3.05, 3.63) is 11.1 Å². The Balaban J connectivity index is 1.56. The van der Waals surface area contributed by atoms with Gasteiger partial charge in [-0.1, -0.05) is 66.9 Å². The Kier molecular flexibility index (Phi) is 14.1. The molecule has 0 aromatic rings. The first-order chi connectivity index (χ1) is 25.0. The zero-order valence-electron chi connectivity index (χ0n) is 36.0. The summed E-state index contributed by atoms with van der Waals surface area (Å²) in [4.78, 5) is 53.2. The smallest absolute Gasteiger partial charge is 0.309 e. The highest BCUT2D eigenvalue weighted by Crippen LogP contribution is 2.71. The van der Waals surface area contributed by atoms with E-state index in [2.05, 4.69) is 72.5 Å². The van der Waals surface area contributed by atoms with E-state index < -0.39 is 29.4 Å². The summed E-state index contributed by atoms with van der Waals surface area (Å²) in [5.41, 5.74) is 1.05. The lowest BCUT2D eigenvalue weighted by Crippen LogP contribution is -2.58. The molecule has 9 heteroatoms. The molecule has 308 valence electrons. The maximum absolute atomic E-state index is 14.5. The fraction of sp³-hybridized carbons (Fsp3) is 0.867. The van der Waals surface area contributed by atoms with Gasteiger partial charge in [0.05, 0.1) is 23.9 Å².